The number of rotatable bonds is 4. The Morgan fingerprint density at radius 3 is 3.18 bits per heavy atom. The Morgan fingerprint density at radius 2 is 2.47 bits per heavy atom. The van der Waals surface area contributed by atoms with Crippen molar-refractivity contribution in [1.82, 2.24) is 4.98 Å². The average Bonchev–Trinajstić information content (AvgIpc) is 2.76. The molecule has 1 aliphatic heterocycles. The lowest BCUT2D eigenvalue weighted by atomic mass is 10.0. The predicted molar refractivity (Wildman–Crippen MR) is 68.7 cm³/mol. The van der Waals surface area contributed by atoms with Crippen molar-refractivity contribution in [3.8, 4) is 0 Å². The van der Waals surface area contributed by atoms with Gasteiger partial charge in [0.05, 0.1) is 12.1 Å². The summed E-state index contributed by atoms with van der Waals surface area (Å²) < 4.78 is 0. The van der Waals surface area contributed by atoms with Gasteiger partial charge in [0.15, 0.2) is 5.13 Å². The van der Waals surface area contributed by atoms with Crippen LogP contribution in [0.25, 0.3) is 0 Å². The summed E-state index contributed by atoms with van der Waals surface area (Å²) in [6.45, 7) is 3.26. The molecule has 2 rings (SSSR count). The molecule has 1 unspecified atom stereocenters. The second kappa shape index (κ2) is 5.49. The van der Waals surface area contributed by atoms with E-state index in [0.29, 0.717) is 11.7 Å². The van der Waals surface area contributed by atoms with Crippen molar-refractivity contribution in [3.05, 3.63) is 11.1 Å². The van der Waals surface area contributed by atoms with Crippen LogP contribution in [0.2, 0.25) is 0 Å². The summed E-state index contributed by atoms with van der Waals surface area (Å²) in [6.07, 6.45) is 4.89. The van der Waals surface area contributed by atoms with E-state index in [4.69, 9.17) is 5.11 Å². The molecule has 0 amide bonds. The molecule has 0 bridgehead atoms. The van der Waals surface area contributed by atoms with Gasteiger partial charge in [-0.05, 0) is 25.7 Å². The average molecular weight is 254 g/mol. The first-order valence-corrected chi connectivity index (χ1v) is 7.01. The van der Waals surface area contributed by atoms with Gasteiger partial charge in [0, 0.05) is 18.0 Å². The van der Waals surface area contributed by atoms with Crippen LogP contribution in [0, 0.1) is 0 Å². The molecule has 1 fully saturated rings. The predicted octanol–water partition coefficient (Wildman–Crippen LogP) is 2.54. The molecule has 5 heteroatoms. The summed E-state index contributed by atoms with van der Waals surface area (Å²) in [6, 6.07) is 0.576. The summed E-state index contributed by atoms with van der Waals surface area (Å²) in [7, 11) is 0. The van der Waals surface area contributed by atoms with Gasteiger partial charge < -0.3 is 10.0 Å². The lowest BCUT2D eigenvalue weighted by Gasteiger charge is -2.34. The van der Waals surface area contributed by atoms with Gasteiger partial charge in [-0.1, -0.05) is 6.92 Å². The molecule has 0 radical (unpaired) electrons. The number of thiazole rings is 1. The van der Waals surface area contributed by atoms with Crippen LogP contribution in [0.15, 0.2) is 5.38 Å². The number of hydrogen-bond acceptors (Lipinski definition) is 4. The van der Waals surface area contributed by atoms with Gasteiger partial charge in [0.1, 0.15) is 0 Å². The number of aromatic nitrogens is 1. The Labute approximate surface area is 105 Å². The molecule has 1 N–H and O–H groups in total. The van der Waals surface area contributed by atoms with Crippen molar-refractivity contribution in [3.63, 3.8) is 0 Å². The summed E-state index contributed by atoms with van der Waals surface area (Å²) in [5.74, 6) is -0.812. The zero-order valence-electron chi connectivity index (χ0n) is 10.1. The minimum atomic E-state index is -0.812. The van der Waals surface area contributed by atoms with Gasteiger partial charge >= 0.3 is 5.97 Å². The van der Waals surface area contributed by atoms with E-state index in [1.54, 1.807) is 11.3 Å². The molecule has 2 heterocycles. The summed E-state index contributed by atoms with van der Waals surface area (Å²) in [4.78, 5) is 17.4. The SMILES string of the molecule is CCC1CCCCN1c1nc(CC(=O)O)cs1. The zero-order chi connectivity index (χ0) is 12.3. The van der Waals surface area contributed by atoms with Crippen LogP contribution in [0.1, 0.15) is 38.3 Å². The largest absolute Gasteiger partial charge is 0.481 e. The van der Waals surface area contributed by atoms with E-state index in [9.17, 15) is 4.79 Å². The summed E-state index contributed by atoms with van der Waals surface area (Å²) in [5, 5.41) is 11.6. The van der Waals surface area contributed by atoms with Crippen LogP contribution >= 0.6 is 11.3 Å². The molecule has 0 saturated carbocycles. The third kappa shape index (κ3) is 2.97. The molecule has 0 spiro atoms. The highest BCUT2D eigenvalue weighted by Gasteiger charge is 2.23. The van der Waals surface area contributed by atoms with E-state index in [1.807, 2.05) is 5.38 Å². The Balaban J connectivity index is 2.09. The number of hydrogen-bond donors (Lipinski definition) is 1. The molecule has 0 aliphatic carbocycles. The molecule has 17 heavy (non-hydrogen) atoms. The molecule has 1 aromatic rings. The number of piperidine rings is 1. The maximum absolute atomic E-state index is 10.6. The highest BCUT2D eigenvalue weighted by Crippen LogP contribution is 2.29. The maximum atomic E-state index is 10.6. The van der Waals surface area contributed by atoms with E-state index < -0.39 is 5.97 Å². The lowest BCUT2D eigenvalue weighted by Crippen LogP contribution is -2.39. The van der Waals surface area contributed by atoms with E-state index in [0.717, 1.165) is 18.1 Å². The second-order valence-electron chi connectivity index (χ2n) is 4.44. The van der Waals surface area contributed by atoms with Gasteiger partial charge in [-0.3, -0.25) is 4.79 Å². The molecular weight excluding hydrogens is 236 g/mol. The first-order valence-electron chi connectivity index (χ1n) is 6.13. The van der Waals surface area contributed by atoms with Gasteiger partial charge in [-0.25, -0.2) is 4.98 Å². The first kappa shape index (κ1) is 12.4. The summed E-state index contributed by atoms with van der Waals surface area (Å²) >= 11 is 1.57. The lowest BCUT2D eigenvalue weighted by molar-refractivity contribution is -0.136. The number of anilines is 1. The highest BCUT2D eigenvalue weighted by molar-refractivity contribution is 7.13. The Hall–Kier alpha value is -1.10. The van der Waals surface area contributed by atoms with Crippen molar-refractivity contribution in [2.24, 2.45) is 0 Å². The molecule has 1 atom stereocenters. The topological polar surface area (TPSA) is 53.4 Å². The third-order valence-electron chi connectivity index (χ3n) is 3.22. The number of carboxylic acids is 1. The van der Waals surface area contributed by atoms with Crippen LogP contribution in [0.4, 0.5) is 5.13 Å². The van der Waals surface area contributed by atoms with E-state index >= 15 is 0 Å². The number of nitrogens with zero attached hydrogens (tertiary/aromatic N) is 2. The molecule has 4 nitrogen and oxygen atoms in total. The highest BCUT2D eigenvalue weighted by atomic mass is 32.1. The molecular formula is C12H18N2O2S. The quantitative estimate of drug-likeness (QED) is 0.897. The zero-order valence-corrected chi connectivity index (χ0v) is 10.9. The maximum Gasteiger partial charge on any atom is 0.309 e. The summed E-state index contributed by atoms with van der Waals surface area (Å²) in [5.41, 5.74) is 0.679. The standard InChI is InChI=1S/C12H18N2O2S/c1-2-10-5-3-4-6-14(10)12-13-9(8-17-12)7-11(15)16/h8,10H,2-7H2,1H3,(H,15,16). The normalized spacial score (nSPS) is 20.5. The van der Waals surface area contributed by atoms with Crippen molar-refractivity contribution in [2.75, 3.05) is 11.4 Å². The Morgan fingerprint density at radius 1 is 1.65 bits per heavy atom. The van der Waals surface area contributed by atoms with Crippen LogP contribution in [-0.2, 0) is 11.2 Å². The van der Waals surface area contributed by atoms with E-state index in [1.165, 1.54) is 19.3 Å². The van der Waals surface area contributed by atoms with Crippen molar-refractivity contribution >= 4 is 22.4 Å². The fourth-order valence-corrected chi connectivity index (χ4v) is 3.26. The first-order chi connectivity index (χ1) is 8.20. The van der Waals surface area contributed by atoms with E-state index in [-0.39, 0.29) is 6.42 Å². The molecule has 1 aliphatic rings. The van der Waals surface area contributed by atoms with Crippen LogP contribution < -0.4 is 4.90 Å². The van der Waals surface area contributed by atoms with Crippen molar-refractivity contribution in [1.29, 1.82) is 0 Å². The van der Waals surface area contributed by atoms with Crippen molar-refractivity contribution in [2.45, 2.75) is 45.1 Å². The fourth-order valence-electron chi connectivity index (χ4n) is 2.34. The monoisotopic (exact) mass is 254 g/mol. The Bertz CT molecular complexity index is 392. The minimum absolute atomic E-state index is 0.0289. The van der Waals surface area contributed by atoms with Gasteiger partial charge in [0.25, 0.3) is 0 Å². The fraction of sp³-hybridized carbons (Fsp3) is 0.667. The van der Waals surface area contributed by atoms with E-state index in [2.05, 4.69) is 16.8 Å². The van der Waals surface area contributed by atoms with Crippen molar-refractivity contribution < 1.29 is 9.90 Å². The number of aliphatic carboxylic acids is 1. The van der Waals surface area contributed by atoms with Crippen LogP contribution in [0.3, 0.4) is 0 Å². The van der Waals surface area contributed by atoms with Gasteiger partial charge in [0.2, 0.25) is 0 Å². The molecule has 1 aromatic heterocycles. The third-order valence-corrected chi connectivity index (χ3v) is 4.14. The Kier molecular flexibility index (Phi) is 3.99. The molecule has 1 saturated heterocycles. The second-order valence-corrected chi connectivity index (χ2v) is 5.28. The van der Waals surface area contributed by atoms with Crippen LogP contribution in [-0.4, -0.2) is 28.6 Å². The number of carbonyl (C=O) groups is 1. The minimum Gasteiger partial charge on any atom is -0.481 e. The number of carboxylic acid groups (broad SMARTS) is 1. The van der Waals surface area contributed by atoms with Crippen LogP contribution in [0.5, 0.6) is 0 Å². The molecule has 0 aromatic carbocycles. The molecule has 94 valence electrons. The van der Waals surface area contributed by atoms with Gasteiger partial charge in [-0.15, -0.1) is 11.3 Å². The smallest absolute Gasteiger partial charge is 0.309 e. The van der Waals surface area contributed by atoms with Gasteiger partial charge in [-0.2, -0.15) is 0 Å².